The number of guanidine groups is 1. The first-order valence-electron chi connectivity index (χ1n) is 44.8. The van der Waals surface area contributed by atoms with Crippen LogP contribution in [0.15, 0.2) is 79.0 Å². The first-order chi connectivity index (χ1) is 66.0. The molecule has 5 rings (SSSR count). The van der Waals surface area contributed by atoms with E-state index in [1.165, 1.54) is 76.2 Å². The molecule has 0 radical (unpaired) electrons. The Bertz CT molecular complexity index is 5030. The number of fused-ring (bicyclic) bond motifs is 1. The average molecular weight is 2010 g/mol. The van der Waals surface area contributed by atoms with E-state index >= 15 is 4.79 Å². The number of thiol groups is 2. The summed E-state index contributed by atoms with van der Waals surface area (Å²) in [6.45, 7) is 7.70. The number of aliphatic carboxylic acids is 3. The Kier molecular flexibility index (Phi) is 47.8. The maximum Gasteiger partial charge on any atom is 0.326 e. The minimum atomic E-state index is -1.90. The number of amides is 17. The molecule has 0 spiro atoms. The van der Waals surface area contributed by atoms with Crippen LogP contribution < -0.4 is 102 Å². The summed E-state index contributed by atoms with van der Waals surface area (Å²) >= 11 is 8.48. The molecule has 31 N–H and O–H groups in total. The van der Waals surface area contributed by atoms with E-state index in [4.69, 9.17) is 16.9 Å². The molecule has 4 aromatic rings. The number of rotatable bonds is 58. The van der Waals surface area contributed by atoms with Crippen LogP contribution in [0.5, 0.6) is 11.5 Å². The third kappa shape index (κ3) is 38.1. The van der Waals surface area contributed by atoms with Crippen molar-refractivity contribution < 1.29 is 137 Å². The van der Waals surface area contributed by atoms with Crippen LogP contribution in [0, 0.1) is 23.2 Å². The smallest absolute Gasteiger partial charge is 0.326 e. The Hall–Kier alpha value is -14.0. The van der Waals surface area contributed by atoms with E-state index in [1.807, 2.05) is 0 Å². The fourth-order valence-electron chi connectivity index (χ4n) is 14.3. The van der Waals surface area contributed by atoms with Gasteiger partial charge in [-0.3, -0.25) is 96.5 Å². The molecule has 0 saturated carbocycles. The largest absolute Gasteiger partial charge is 0.508 e. The Labute approximate surface area is 815 Å². The van der Waals surface area contributed by atoms with Crippen molar-refractivity contribution in [1.29, 1.82) is 5.41 Å². The molecular weight excluding hydrogens is 1880 g/mol. The van der Waals surface area contributed by atoms with Gasteiger partial charge in [0.2, 0.25) is 100 Å². The van der Waals surface area contributed by atoms with Crippen LogP contribution in [-0.4, -0.2) is 329 Å². The number of phenols is 2. The van der Waals surface area contributed by atoms with Gasteiger partial charge in [-0.05, 0) is 117 Å². The molecule has 0 bridgehead atoms. The lowest BCUT2D eigenvalue weighted by atomic mass is 10.0. The van der Waals surface area contributed by atoms with Crippen molar-refractivity contribution in [2.24, 2.45) is 29.2 Å². The van der Waals surface area contributed by atoms with Crippen LogP contribution in [0.25, 0.3) is 10.9 Å². The van der Waals surface area contributed by atoms with E-state index in [0.717, 1.165) is 18.7 Å². The molecule has 140 heavy (non-hydrogen) atoms. The molecule has 1 aromatic heterocycles. The number of carbonyl (C=O) groups is 20. The minimum Gasteiger partial charge on any atom is -0.508 e. The molecule has 1 saturated heterocycles. The monoisotopic (exact) mass is 2000 g/mol. The molecule has 50 nitrogen and oxygen atoms in total. The van der Waals surface area contributed by atoms with Crippen LogP contribution in [0.3, 0.4) is 0 Å². The van der Waals surface area contributed by atoms with Gasteiger partial charge in [0.25, 0.3) is 0 Å². The maximum atomic E-state index is 15.0. The second-order valence-corrected chi connectivity index (χ2v) is 35.0. The zero-order valence-corrected chi connectivity index (χ0v) is 80.0. The lowest BCUT2D eigenvalue weighted by Crippen LogP contribution is -2.63. The van der Waals surface area contributed by atoms with Gasteiger partial charge in [0, 0.05) is 73.8 Å². The molecule has 17 amide bonds. The summed E-state index contributed by atoms with van der Waals surface area (Å²) in [4.78, 5) is 277. The van der Waals surface area contributed by atoms with Gasteiger partial charge in [-0.15, -0.1) is 0 Å². The van der Waals surface area contributed by atoms with Gasteiger partial charge in [-0.25, -0.2) is 4.79 Å². The molecule has 52 heteroatoms. The number of benzene rings is 3. The zero-order chi connectivity index (χ0) is 105. The zero-order valence-electron chi connectivity index (χ0n) is 78.2. The number of aromatic hydroxyl groups is 2. The van der Waals surface area contributed by atoms with Crippen molar-refractivity contribution in [2.75, 3.05) is 50.8 Å². The number of carboxylic acid groups (broad SMARTS) is 3. The highest BCUT2D eigenvalue weighted by Crippen LogP contribution is 2.25. The van der Waals surface area contributed by atoms with E-state index in [-0.39, 0.29) is 68.2 Å². The van der Waals surface area contributed by atoms with E-state index in [0.29, 0.717) is 28.5 Å². The molecule has 3 aromatic carbocycles. The SMILES string of the molecule is CC(C)[C@H](NC(=O)[C@H](CO)NC(=O)[C@H](Cc1ccc(O)cc1)NC(=O)[C@H](CS)NC(=O)[C@H](CCC(=O)O)NC(=O)[C@@H](NC(=O)CNC(=O)CNC(=O)[C@H](Cc1ccc(O)cc1)NC(=O)[C@H](CCC(=O)O)NC(=O)CNC(=O)[C@@H]1CCCN1C(=O)[C@H](Cc1c[nH]c2ccccc12)NC(=O)[C@H](CS)NC(=O)[C@@H](NC(=O)[C@@H](NC(=O)[C@@H](NC(=O)[C@@H](N)CCCNC(=N)N)C(C)C)[C@@H](C)O)[C@@H](C)O)C(C)C)C(=O)O. The second kappa shape index (κ2) is 57.4. The number of aliphatic hydroxyl groups excluding tert-OH is 3. The number of phenolic OH excluding ortho intramolecular Hbond substituents is 2. The maximum absolute atomic E-state index is 15.0. The predicted octanol–water partition coefficient (Wildman–Crippen LogP) is -7.76. The topological polar surface area (TPSA) is 803 Å². The van der Waals surface area contributed by atoms with Crippen molar-refractivity contribution >= 4 is 160 Å². The highest BCUT2D eigenvalue weighted by Gasteiger charge is 2.43. The van der Waals surface area contributed by atoms with Crippen LogP contribution >= 0.6 is 25.3 Å². The lowest BCUT2D eigenvalue weighted by Gasteiger charge is -2.30. The molecule has 0 unspecified atom stereocenters. The number of hydrogen-bond acceptors (Lipinski definition) is 29. The number of H-pyrrole nitrogens is 1. The molecular formula is C88H128N22O28S2. The Morgan fingerprint density at radius 2 is 0.850 bits per heavy atom. The molecule has 17 atom stereocenters. The number of aliphatic hydroxyl groups is 3. The summed E-state index contributed by atoms with van der Waals surface area (Å²) in [5.74, 6) is -25.8. The van der Waals surface area contributed by atoms with Crippen LogP contribution in [0.2, 0.25) is 0 Å². The van der Waals surface area contributed by atoms with Crippen molar-refractivity contribution in [3.8, 4) is 11.5 Å². The fourth-order valence-corrected chi connectivity index (χ4v) is 14.8. The normalized spacial score (nSPS) is 15.7. The van der Waals surface area contributed by atoms with Gasteiger partial charge < -0.3 is 153 Å². The number of hydrogen-bond donors (Lipinski definition) is 31. The molecule has 2 heterocycles. The van der Waals surface area contributed by atoms with E-state index in [1.54, 1.807) is 44.3 Å². The number of aromatic amines is 1. The van der Waals surface area contributed by atoms with Gasteiger partial charge in [0.15, 0.2) is 5.96 Å². The summed E-state index contributed by atoms with van der Waals surface area (Å²) in [6.07, 6.45) is -4.93. The number of aromatic nitrogens is 1. The van der Waals surface area contributed by atoms with Crippen molar-refractivity contribution in [1.82, 2.24) is 100 Å². The van der Waals surface area contributed by atoms with Gasteiger partial charge in [0.1, 0.15) is 96.1 Å². The summed E-state index contributed by atoms with van der Waals surface area (Å²) in [7, 11) is 0. The Morgan fingerprint density at radius 3 is 1.35 bits per heavy atom. The highest BCUT2D eigenvalue weighted by molar-refractivity contribution is 7.80. The third-order valence-corrected chi connectivity index (χ3v) is 22.8. The lowest BCUT2D eigenvalue weighted by molar-refractivity contribution is -0.144. The predicted molar refractivity (Wildman–Crippen MR) is 506 cm³/mol. The molecule has 1 aliphatic rings. The standard InChI is InChI=1S/C88H128N22O28S2/c1-41(2)68(82(132)98-55(26-28-67(121)122)76(126)103-60(39-139)79(129)100-57(32-47-19-23-50(115)24-20-47)77(127)102-59(38-111)78(128)107-70(43(5)6)87(137)138)105-65(118)36-94-63(116)35-95-74(124)56(31-46-17-21-49(114)22-18-46)99-75(125)54(25-27-66(119)120)97-64(117)37-96-81(131)62-16-12-30-110(62)86(136)58(33-48-34-93-53-15-10-9-13-51(48)53)101-80(130)61(40-140)104-84(134)71(44(7)112)109-85(135)72(45(8)113)108-83(133)69(42(3)4)106-73(123)52(89)14-11-29-92-88(90)91/h9-10,13,15,17-24,34,41-45,52,54-62,68-72,93,111-115,139-140H,11-12,14,16,25-33,35-40,89H2,1-8H3,(H,94,116)(H,95,124)(H,96,131)(H,97,117)(H,98,132)(H,99,125)(H,100,129)(H,101,130)(H,102,127)(H,103,126)(H,104,134)(H,105,118)(H,106,123)(H,107,128)(H,108,133)(H,109,135)(H,119,120)(H,121,122)(H,137,138)(H4,90,91,92)/t44-,45-,52+,54+,55+,56+,57+,58+,59+,60+,61+,62+,68+,69+,70+,71+,72+/m1/s1. The molecule has 1 aliphatic heterocycles. The average Bonchev–Trinajstić information content (AvgIpc) is 1.65. The van der Waals surface area contributed by atoms with Crippen molar-refractivity contribution in [3.05, 3.63) is 95.7 Å². The first-order valence-corrected chi connectivity index (χ1v) is 46.1. The third-order valence-electron chi connectivity index (χ3n) is 22.1. The minimum absolute atomic E-state index is 0.00449. The van der Waals surface area contributed by atoms with Gasteiger partial charge in [-0.2, -0.15) is 25.3 Å². The Balaban J connectivity index is 1.25. The van der Waals surface area contributed by atoms with Crippen LogP contribution in [0.1, 0.15) is 123 Å². The van der Waals surface area contributed by atoms with Crippen LogP contribution in [0.4, 0.5) is 0 Å². The number of likely N-dealkylation sites (tertiary alicyclic amines) is 1. The molecule has 0 aliphatic carbocycles. The van der Waals surface area contributed by atoms with Crippen LogP contribution in [-0.2, 0) is 115 Å². The van der Waals surface area contributed by atoms with E-state index in [9.17, 15) is 132 Å². The number of nitrogens with zero attached hydrogens (tertiary/aromatic N) is 1. The summed E-state index contributed by atoms with van der Waals surface area (Å²) in [5.41, 5.74) is 13.1. The van der Waals surface area contributed by atoms with Crippen molar-refractivity contribution in [3.63, 3.8) is 0 Å². The van der Waals surface area contributed by atoms with Crippen molar-refractivity contribution in [2.45, 2.75) is 229 Å². The summed E-state index contributed by atoms with van der Waals surface area (Å²) in [5, 5.41) is 129. The molecule has 1 fully saturated rings. The number of nitrogens with one attached hydrogen (secondary N) is 19. The van der Waals surface area contributed by atoms with Gasteiger partial charge in [0.05, 0.1) is 44.5 Å². The second-order valence-electron chi connectivity index (χ2n) is 34.3. The van der Waals surface area contributed by atoms with E-state index < -0.39 is 309 Å². The number of carbonyl (C=O) groups excluding carboxylic acids is 17. The number of para-hydroxylation sites is 1. The summed E-state index contributed by atoms with van der Waals surface area (Å²) in [6, 6.07) is -6.47. The fraction of sp³-hybridized carbons (Fsp3) is 0.534. The number of nitrogens with two attached hydrogens (primary N) is 2. The summed E-state index contributed by atoms with van der Waals surface area (Å²) < 4.78 is 0. The van der Waals surface area contributed by atoms with Gasteiger partial charge in [-0.1, -0.05) is 84.0 Å². The number of carboxylic acids is 3. The Morgan fingerprint density at radius 1 is 0.443 bits per heavy atom. The van der Waals surface area contributed by atoms with Gasteiger partial charge >= 0.3 is 17.9 Å². The molecule has 770 valence electrons. The quantitative estimate of drug-likeness (QED) is 0.00845. The highest BCUT2D eigenvalue weighted by atomic mass is 32.1. The van der Waals surface area contributed by atoms with E-state index in [2.05, 4.69) is 121 Å². The first kappa shape index (κ1) is 117.